The summed E-state index contributed by atoms with van der Waals surface area (Å²) in [5.74, 6) is 0. The molecule has 0 aliphatic carbocycles. The van der Waals surface area contributed by atoms with E-state index < -0.39 is 0 Å². The molecule has 5 heteroatoms. The highest BCUT2D eigenvalue weighted by Gasteiger charge is 2.15. The van der Waals surface area contributed by atoms with E-state index in [9.17, 15) is 0 Å². The third kappa shape index (κ3) is 2.92. The van der Waals surface area contributed by atoms with Gasteiger partial charge in [-0.3, -0.25) is 0 Å². The molecule has 0 saturated heterocycles. The molecular formula is C16H19N5. The SMILES string of the molecule is CNCCC(c1ccc2cc(C)ccc2c1)n1ncnn1. The number of benzene rings is 2. The summed E-state index contributed by atoms with van der Waals surface area (Å²) >= 11 is 0. The Bertz CT molecular complexity index is 721. The van der Waals surface area contributed by atoms with Crippen LogP contribution in [0.3, 0.4) is 0 Å². The first-order chi connectivity index (χ1) is 10.3. The fraction of sp³-hybridized carbons (Fsp3) is 0.312. The lowest BCUT2D eigenvalue weighted by Crippen LogP contribution is -2.19. The maximum Gasteiger partial charge on any atom is 0.162 e. The lowest BCUT2D eigenvalue weighted by atomic mass is 9.99. The lowest BCUT2D eigenvalue weighted by molar-refractivity contribution is 0.422. The van der Waals surface area contributed by atoms with Crippen molar-refractivity contribution in [2.45, 2.75) is 19.4 Å². The second kappa shape index (κ2) is 6.01. The summed E-state index contributed by atoms with van der Waals surface area (Å²) in [6.45, 7) is 3.01. The summed E-state index contributed by atoms with van der Waals surface area (Å²) in [5.41, 5.74) is 2.49. The van der Waals surface area contributed by atoms with Gasteiger partial charge in [-0.2, -0.15) is 4.80 Å². The van der Waals surface area contributed by atoms with Crippen molar-refractivity contribution in [3.05, 3.63) is 53.9 Å². The van der Waals surface area contributed by atoms with Crippen LogP contribution in [0.1, 0.15) is 23.6 Å². The molecule has 3 rings (SSSR count). The van der Waals surface area contributed by atoms with E-state index in [0.717, 1.165) is 13.0 Å². The molecule has 5 nitrogen and oxygen atoms in total. The number of nitrogens with zero attached hydrogens (tertiary/aromatic N) is 4. The maximum atomic E-state index is 4.21. The molecule has 0 amide bonds. The molecule has 2 aromatic carbocycles. The molecule has 21 heavy (non-hydrogen) atoms. The van der Waals surface area contributed by atoms with Gasteiger partial charge in [0.05, 0.1) is 6.04 Å². The van der Waals surface area contributed by atoms with Crippen molar-refractivity contribution in [1.29, 1.82) is 0 Å². The van der Waals surface area contributed by atoms with E-state index in [0.29, 0.717) is 0 Å². The van der Waals surface area contributed by atoms with E-state index >= 15 is 0 Å². The minimum Gasteiger partial charge on any atom is -0.320 e. The molecule has 0 fully saturated rings. The number of fused-ring (bicyclic) bond motifs is 1. The van der Waals surface area contributed by atoms with Gasteiger partial charge in [-0.05, 0) is 54.6 Å². The fourth-order valence-electron chi connectivity index (χ4n) is 2.61. The zero-order valence-electron chi connectivity index (χ0n) is 12.3. The average molecular weight is 281 g/mol. The smallest absolute Gasteiger partial charge is 0.162 e. The van der Waals surface area contributed by atoms with Gasteiger partial charge in [-0.1, -0.05) is 35.9 Å². The van der Waals surface area contributed by atoms with Crippen LogP contribution in [-0.4, -0.2) is 33.8 Å². The van der Waals surface area contributed by atoms with E-state index in [1.807, 2.05) is 7.05 Å². The standard InChI is InChI=1S/C16H19N5/c1-12-3-4-14-10-15(6-5-13(14)9-12)16(7-8-17-2)21-19-11-18-20-21/h3-6,9-11,16-17H,7-8H2,1-2H3. The number of hydrogen-bond acceptors (Lipinski definition) is 4. The highest BCUT2D eigenvalue weighted by molar-refractivity contribution is 5.83. The predicted molar refractivity (Wildman–Crippen MR) is 83.2 cm³/mol. The van der Waals surface area contributed by atoms with Crippen molar-refractivity contribution in [1.82, 2.24) is 25.5 Å². The molecule has 0 aliphatic rings. The Balaban J connectivity index is 2.00. The Labute approximate surface area is 124 Å². The summed E-state index contributed by atoms with van der Waals surface area (Å²) in [7, 11) is 1.95. The van der Waals surface area contributed by atoms with Crippen LogP contribution in [0.2, 0.25) is 0 Å². The molecule has 0 radical (unpaired) electrons. The number of aromatic nitrogens is 4. The van der Waals surface area contributed by atoms with Gasteiger partial charge in [0.25, 0.3) is 0 Å². The Morgan fingerprint density at radius 2 is 1.95 bits per heavy atom. The van der Waals surface area contributed by atoms with Gasteiger partial charge in [-0.25, -0.2) is 0 Å². The molecular weight excluding hydrogens is 262 g/mol. The van der Waals surface area contributed by atoms with Crippen molar-refractivity contribution in [3.63, 3.8) is 0 Å². The minimum atomic E-state index is 0.102. The molecule has 0 spiro atoms. The van der Waals surface area contributed by atoms with Crippen molar-refractivity contribution in [2.24, 2.45) is 0 Å². The van der Waals surface area contributed by atoms with Crippen LogP contribution >= 0.6 is 0 Å². The number of hydrogen-bond donors (Lipinski definition) is 1. The van der Waals surface area contributed by atoms with Crippen molar-refractivity contribution >= 4 is 10.8 Å². The van der Waals surface area contributed by atoms with E-state index in [-0.39, 0.29) is 6.04 Å². The predicted octanol–water partition coefficient (Wildman–Crippen LogP) is 2.33. The number of aryl methyl sites for hydroxylation is 1. The molecule has 0 saturated carbocycles. The Morgan fingerprint density at radius 3 is 2.71 bits per heavy atom. The molecule has 3 aromatic rings. The van der Waals surface area contributed by atoms with Gasteiger partial charge in [-0.15, -0.1) is 10.2 Å². The summed E-state index contributed by atoms with van der Waals surface area (Å²) < 4.78 is 0. The average Bonchev–Trinajstić information content (AvgIpc) is 3.02. The fourth-order valence-corrected chi connectivity index (χ4v) is 2.61. The third-order valence-electron chi connectivity index (χ3n) is 3.72. The van der Waals surface area contributed by atoms with Crippen molar-refractivity contribution < 1.29 is 0 Å². The zero-order chi connectivity index (χ0) is 14.7. The minimum absolute atomic E-state index is 0.102. The van der Waals surface area contributed by atoms with Crippen LogP contribution < -0.4 is 5.32 Å². The number of rotatable bonds is 5. The molecule has 108 valence electrons. The normalized spacial score (nSPS) is 12.7. The van der Waals surface area contributed by atoms with E-state index in [4.69, 9.17) is 0 Å². The zero-order valence-corrected chi connectivity index (χ0v) is 12.3. The topological polar surface area (TPSA) is 55.6 Å². The van der Waals surface area contributed by atoms with E-state index in [1.165, 1.54) is 28.2 Å². The van der Waals surface area contributed by atoms with Crippen LogP contribution in [0.25, 0.3) is 10.8 Å². The van der Waals surface area contributed by atoms with Gasteiger partial charge in [0.15, 0.2) is 6.33 Å². The van der Waals surface area contributed by atoms with Gasteiger partial charge < -0.3 is 5.32 Å². The van der Waals surface area contributed by atoms with Crippen molar-refractivity contribution in [2.75, 3.05) is 13.6 Å². The molecule has 1 unspecified atom stereocenters. The highest BCUT2D eigenvalue weighted by Crippen LogP contribution is 2.25. The third-order valence-corrected chi connectivity index (χ3v) is 3.72. The van der Waals surface area contributed by atoms with Crippen LogP contribution in [0.4, 0.5) is 0 Å². The molecule has 0 aliphatic heterocycles. The van der Waals surface area contributed by atoms with Crippen LogP contribution in [0.15, 0.2) is 42.7 Å². The first-order valence-corrected chi connectivity index (χ1v) is 7.15. The number of nitrogens with one attached hydrogen (secondary N) is 1. The Kier molecular flexibility index (Phi) is 3.92. The second-order valence-corrected chi connectivity index (χ2v) is 5.27. The highest BCUT2D eigenvalue weighted by atomic mass is 15.6. The second-order valence-electron chi connectivity index (χ2n) is 5.27. The quantitative estimate of drug-likeness (QED) is 0.780. The lowest BCUT2D eigenvalue weighted by Gasteiger charge is -2.16. The van der Waals surface area contributed by atoms with Crippen LogP contribution in [0, 0.1) is 6.92 Å². The maximum absolute atomic E-state index is 4.21. The van der Waals surface area contributed by atoms with E-state index in [2.05, 4.69) is 64.0 Å². The molecule has 0 bridgehead atoms. The molecule has 1 aromatic heterocycles. The van der Waals surface area contributed by atoms with Gasteiger partial charge in [0.1, 0.15) is 0 Å². The molecule has 1 heterocycles. The molecule has 1 atom stereocenters. The molecule has 1 N–H and O–H groups in total. The summed E-state index contributed by atoms with van der Waals surface area (Å²) in [5, 5.41) is 17.8. The van der Waals surface area contributed by atoms with E-state index in [1.54, 1.807) is 4.80 Å². The van der Waals surface area contributed by atoms with Gasteiger partial charge in [0.2, 0.25) is 0 Å². The number of tetrazole rings is 1. The Hall–Kier alpha value is -2.27. The largest absolute Gasteiger partial charge is 0.320 e. The summed E-state index contributed by atoms with van der Waals surface area (Å²) in [6.07, 6.45) is 2.40. The van der Waals surface area contributed by atoms with Crippen LogP contribution in [-0.2, 0) is 0 Å². The first-order valence-electron chi connectivity index (χ1n) is 7.15. The van der Waals surface area contributed by atoms with Gasteiger partial charge in [0, 0.05) is 0 Å². The monoisotopic (exact) mass is 281 g/mol. The summed E-state index contributed by atoms with van der Waals surface area (Å²) in [4.78, 5) is 1.69. The Morgan fingerprint density at radius 1 is 1.14 bits per heavy atom. The van der Waals surface area contributed by atoms with Crippen LogP contribution in [0.5, 0.6) is 0 Å². The summed E-state index contributed by atoms with van der Waals surface area (Å²) in [6, 6.07) is 13.2. The first kappa shape index (κ1) is 13.7. The van der Waals surface area contributed by atoms with Crippen molar-refractivity contribution in [3.8, 4) is 0 Å². The van der Waals surface area contributed by atoms with Gasteiger partial charge >= 0.3 is 0 Å².